The van der Waals surface area contributed by atoms with Crippen molar-refractivity contribution in [3.63, 3.8) is 0 Å². The van der Waals surface area contributed by atoms with E-state index >= 15 is 0 Å². The molecular formula is C28H22ClN2O2P. The number of H-pyrrole nitrogens is 1. The van der Waals surface area contributed by atoms with E-state index in [9.17, 15) is 9.90 Å². The van der Waals surface area contributed by atoms with Gasteiger partial charge in [0.15, 0.2) is 7.26 Å². The quantitative estimate of drug-likeness (QED) is 0.362. The van der Waals surface area contributed by atoms with Crippen molar-refractivity contribution in [3.8, 4) is 17.3 Å². The maximum Gasteiger partial charge on any atom is 0.299 e. The summed E-state index contributed by atoms with van der Waals surface area (Å²) in [5.41, 5.74) is 0.394. The van der Waals surface area contributed by atoms with Gasteiger partial charge in [0.05, 0.1) is 0 Å². The van der Waals surface area contributed by atoms with Gasteiger partial charge in [-0.1, -0.05) is 84.9 Å². The van der Waals surface area contributed by atoms with E-state index in [1.54, 1.807) is 0 Å². The molecule has 1 heterocycles. The Morgan fingerprint density at radius 3 is 1.38 bits per heavy atom. The number of halogens is 1. The molecule has 34 heavy (non-hydrogen) atoms. The summed E-state index contributed by atoms with van der Waals surface area (Å²) in [5.74, 6) is 0.0941. The summed E-state index contributed by atoms with van der Waals surface area (Å²) in [6.45, 7) is 0. The van der Waals surface area contributed by atoms with E-state index in [4.69, 9.17) is 0 Å². The first-order valence-electron chi connectivity index (χ1n) is 10.7. The van der Waals surface area contributed by atoms with Crippen LogP contribution in [0.3, 0.4) is 0 Å². The summed E-state index contributed by atoms with van der Waals surface area (Å²) in [6, 6.07) is 39.1. The molecule has 0 spiro atoms. The Labute approximate surface area is 204 Å². The highest BCUT2D eigenvalue weighted by Crippen LogP contribution is 2.54. The Balaban J connectivity index is 0.00000274. The lowest BCUT2D eigenvalue weighted by Crippen LogP contribution is -3.00. The van der Waals surface area contributed by atoms with Crippen LogP contribution >= 0.6 is 7.26 Å². The third-order valence-electron chi connectivity index (χ3n) is 5.69. The molecule has 0 saturated heterocycles. The fourth-order valence-corrected chi connectivity index (χ4v) is 8.52. The molecule has 1 aromatic heterocycles. The SMILES string of the molecule is O=c1[nH]c(-c2ccccc2)nc(O)c1[P+](c1ccccc1)(c1ccccc1)c1ccccc1.[Cl-]. The molecule has 2 N–H and O–H groups in total. The molecule has 4 nitrogen and oxygen atoms in total. The molecule has 0 aliphatic rings. The topological polar surface area (TPSA) is 66.0 Å². The second-order valence-electron chi connectivity index (χ2n) is 7.63. The zero-order chi connectivity index (χ0) is 22.7. The second-order valence-corrected chi connectivity index (χ2v) is 11.0. The molecule has 4 aromatic carbocycles. The van der Waals surface area contributed by atoms with Crippen molar-refractivity contribution in [3.05, 3.63) is 132 Å². The molecule has 0 amide bonds. The van der Waals surface area contributed by atoms with E-state index in [0.717, 1.165) is 21.5 Å². The number of rotatable bonds is 5. The molecule has 0 saturated carbocycles. The number of aromatic nitrogens is 2. The number of hydrogen-bond donors (Lipinski definition) is 2. The minimum Gasteiger partial charge on any atom is -1.00 e. The van der Waals surface area contributed by atoms with Crippen LogP contribution in [0.25, 0.3) is 11.4 Å². The van der Waals surface area contributed by atoms with E-state index < -0.39 is 7.26 Å². The van der Waals surface area contributed by atoms with Gasteiger partial charge in [0, 0.05) is 5.56 Å². The number of hydrogen-bond acceptors (Lipinski definition) is 3. The number of nitrogens with zero attached hydrogens (tertiary/aromatic N) is 1. The van der Waals surface area contributed by atoms with E-state index in [1.807, 2.05) is 121 Å². The summed E-state index contributed by atoms with van der Waals surface area (Å²) in [6.07, 6.45) is 0. The Kier molecular flexibility index (Phi) is 6.93. The molecule has 168 valence electrons. The molecule has 0 unspecified atom stereocenters. The summed E-state index contributed by atoms with van der Waals surface area (Å²) in [7, 11) is -2.75. The fraction of sp³-hybridized carbons (Fsp3) is 0. The molecule has 6 heteroatoms. The van der Waals surface area contributed by atoms with Crippen molar-refractivity contribution in [2.24, 2.45) is 0 Å². The largest absolute Gasteiger partial charge is 1.00 e. The van der Waals surface area contributed by atoms with Gasteiger partial charge in [0.25, 0.3) is 11.4 Å². The predicted octanol–water partition coefficient (Wildman–Crippen LogP) is 0.766. The third kappa shape index (κ3) is 4.03. The minimum absolute atomic E-state index is 0. The van der Waals surface area contributed by atoms with Crippen molar-refractivity contribution in [2.75, 3.05) is 0 Å². The van der Waals surface area contributed by atoms with Crippen LogP contribution in [0.15, 0.2) is 126 Å². The lowest BCUT2D eigenvalue weighted by Gasteiger charge is -2.26. The zero-order valence-corrected chi connectivity index (χ0v) is 19.8. The number of nitrogens with one attached hydrogen (secondary N) is 1. The molecular weight excluding hydrogens is 463 g/mol. The summed E-state index contributed by atoms with van der Waals surface area (Å²) < 4.78 is 0. The lowest BCUT2D eigenvalue weighted by molar-refractivity contribution is -0.00000766. The van der Waals surface area contributed by atoms with Gasteiger partial charge < -0.3 is 22.5 Å². The van der Waals surface area contributed by atoms with Crippen molar-refractivity contribution in [1.29, 1.82) is 0 Å². The Morgan fingerprint density at radius 1 is 0.618 bits per heavy atom. The van der Waals surface area contributed by atoms with E-state index in [-0.39, 0.29) is 23.8 Å². The number of aromatic hydroxyl groups is 1. The first-order chi connectivity index (χ1) is 16.2. The summed E-state index contributed by atoms with van der Waals surface area (Å²) >= 11 is 0. The maximum atomic E-state index is 13.8. The van der Waals surface area contributed by atoms with Crippen LogP contribution in [0.4, 0.5) is 0 Å². The first-order valence-corrected chi connectivity index (χ1v) is 12.5. The van der Waals surface area contributed by atoms with Crippen LogP contribution in [0.2, 0.25) is 0 Å². The zero-order valence-electron chi connectivity index (χ0n) is 18.2. The molecule has 0 bridgehead atoms. The van der Waals surface area contributed by atoms with Gasteiger partial charge in [0.2, 0.25) is 5.30 Å². The summed E-state index contributed by atoms with van der Waals surface area (Å²) in [4.78, 5) is 21.2. The van der Waals surface area contributed by atoms with Gasteiger partial charge in [-0.05, 0) is 36.4 Å². The molecule has 5 rings (SSSR count). The maximum absolute atomic E-state index is 13.8. The summed E-state index contributed by atoms with van der Waals surface area (Å²) in [5, 5.41) is 14.6. The Hall–Kier alpha value is -3.72. The van der Waals surface area contributed by atoms with Gasteiger partial charge >= 0.3 is 0 Å². The second kappa shape index (κ2) is 10.0. The van der Waals surface area contributed by atoms with Gasteiger partial charge in [-0.3, -0.25) is 4.79 Å². The van der Waals surface area contributed by atoms with Gasteiger partial charge in [-0.2, -0.15) is 4.98 Å². The van der Waals surface area contributed by atoms with E-state index in [0.29, 0.717) is 11.1 Å². The van der Waals surface area contributed by atoms with Crippen LogP contribution in [-0.2, 0) is 0 Å². The average Bonchev–Trinajstić information content (AvgIpc) is 2.88. The van der Waals surface area contributed by atoms with Crippen molar-refractivity contribution < 1.29 is 17.5 Å². The van der Waals surface area contributed by atoms with Crippen LogP contribution < -0.4 is 39.2 Å². The molecule has 0 aliphatic heterocycles. The third-order valence-corrected chi connectivity index (χ3v) is 9.98. The monoisotopic (exact) mass is 484 g/mol. The standard InChI is InChI=1S/C28H21N2O2P.ClH/c31-27-25(28(32)30-26(29-27)21-13-5-1-6-14-21)33(22-15-7-2-8-16-22,23-17-9-3-10-18-23)24-19-11-4-12-20-24;/h1-20H,(H-,29,30,31,32);1H. The highest BCUT2D eigenvalue weighted by molar-refractivity contribution is 8.01. The molecule has 0 radical (unpaired) electrons. The first kappa shape index (κ1) is 23.4. The fourth-order valence-electron chi connectivity index (χ4n) is 4.28. The molecule has 0 fully saturated rings. The number of benzene rings is 4. The normalized spacial score (nSPS) is 10.9. The highest BCUT2D eigenvalue weighted by atomic mass is 35.5. The van der Waals surface area contributed by atoms with Gasteiger partial charge in [-0.15, -0.1) is 0 Å². The van der Waals surface area contributed by atoms with Crippen molar-refractivity contribution in [1.82, 2.24) is 9.97 Å². The Bertz CT molecular complexity index is 1330. The minimum atomic E-state index is -2.75. The van der Waals surface area contributed by atoms with E-state index in [2.05, 4.69) is 9.97 Å². The van der Waals surface area contributed by atoms with Crippen molar-refractivity contribution >= 4 is 28.5 Å². The van der Waals surface area contributed by atoms with Crippen LogP contribution in [0, 0.1) is 0 Å². The van der Waals surface area contributed by atoms with Gasteiger partial charge in [-0.25, -0.2) is 0 Å². The number of aromatic amines is 1. The highest BCUT2D eigenvalue weighted by Gasteiger charge is 2.52. The molecule has 0 aliphatic carbocycles. The van der Waals surface area contributed by atoms with E-state index in [1.165, 1.54) is 0 Å². The molecule has 0 atom stereocenters. The van der Waals surface area contributed by atoms with Gasteiger partial charge in [0.1, 0.15) is 21.7 Å². The van der Waals surface area contributed by atoms with Crippen LogP contribution in [0.5, 0.6) is 5.88 Å². The van der Waals surface area contributed by atoms with Crippen LogP contribution in [0.1, 0.15) is 0 Å². The predicted molar refractivity (Wildman–Crippen MR) is 137 cm³/mol. The average molecular weight is 485 g/mol. The van der Waals surface area contributed by atoms with Crippen molar-refractivity contribution in [2.45, 2.75) is 0 Å². The smallest absolute Gasteiger partial charge is 0.299 e. The molecule has 5 aromatic rings. The lowest BCUT2D eigenvalue weighted by atomic mass is 10.2. The Morgan fingerprint density at radius 2 is 1.00 bits per heavy atom. The van der Waals surface area contributed by atoms with Crippen LogP contribution in [-0.4, -0.2) is 15.1 Å².